The fraction of sp³-hybridized carbons (Fsp3) is 0.250. The van der Waals surface area contributed by atoms with Gasteiger partial charge in [0, 0.05) is 24.0 Å². The largest absolute Gasteiger partial charge is 0.369 e. The van der Waals surface area contributed by atoms with Crippen LogP contribution < -0.4 is 16.2 Å². The lowest BCUT2D eigenvalue weighted by molar-refractivity contribution is -0.119. The Morgan fingerprint density at radius 2 is 2.00 bits per heavy atom. The lowest BCUT2D eigenvalue weighted by Crippen LogP contribution is -2.41. The predicted octanol–water partition coefficient (Wildman–Crippen LogP) is 2.06. The number of benzene rings is 1. The Balaban J connectivity index is 1.75. The topological polar surface area (TPSA) is 80.7 Å². The Morgan fingerprint density at radius 1 is 1.23 bits per heavy atom. The van der Waals surface area contributed by atoms with E-state index in [-0.39, 0.29) is 23.4 Å². The van der Waals surface area contributed by atoms with E-state index in [1.807, 2.05) is 42.5 Å². The molecule has 0 bridgehead atoms. The van der Waals surface area contributed by atoms with Crippen molar-refractivity contribution in [2.75, 3.05) is 4.90 Å². The highest BCUT2D eigenvalue weighted by Crippen LogP contribution is 2.38. The number of para-hydroxylation sites is 1. The van der Waals surface area contributed by atoms with Crippen molar-refractivity contribution in [3.8, 4) is 0 Å². The third-order valence-corrected chi connectivity index (χ3v) is 5.03. The maximum absolute atomic E-state index is 12.4. The fourth-order valence-electron chi connectivity index (χ4n) is 3.75. The first-order valence-electron chi connectivity index (χ1n) is 8.67. The Morgan fingerprint density at radius 3 is 2.81 bits per heavy atom. The summed E-state index contributed by atoms with van der Waals surface area (Å²) in [6.45, 7) is 2.57. The lowest BCUT2D eigenvalue weighted by atomic mass is 9.85. The molecule has 6 nitrogen and oxygen atoms in total. The average molecular weight is 348 g/mol. The van der Waals surface area contributed by atoms with Crippen LogP contribution in [-0.2, 0) is 11.3 Å². The number of nitrogens with zero attached hydrogens (tertiary/aromatic N) is 3. The van der Waals surface area contributed by atoms with Crippen molar-refractivity contribution in [3.05, 3.63) is 76.3 Å². The highest BCUT2D eigenvalue weighted by atomic mass is 16.1. The number of fused-ring (bicyclic) bond motifs is 2. The van der Waals surface area contributed by atoms with Crippen LogP contribution in [0.15, 0.2) is 59.5 Å². The summed E-state index contributed by atoms with van der Waals surface area (Å²) in [6, 6.07) is 15.0. The lowest BCUT2D eigenvalue weighted by Gasteiger charge is -2.39. The van der Waals surface area contributed by atoms with E-state index in [2.05, 4.69) is 16.8 Å². The van der Waals surface area contributed by atoms with Gasteiger partial charge in [-0.05, 0) is 37.1 Å². The molecule has 4 rings (SSSR count). The van der Waals surface area contributed by atoms with Gasteiger partial charge in [0.1, 0.15) is 5.65 Å². The van der Waals surface area contributed by atoms with Crippen LogP contribution in [-0.4, -0.2) is 21.3 Å². The molecule has 0 aliphatic carbocycles. The van der Waals surface area contributed by atoms with Gasteiger partial charge in [0.15, 0.2) is 0 Å². The maximum atomic E-state index is 12.4. The van der Waals surface area contributed by atoms with Gasteiger partial charge >= 0.3 is 0 Å². The number of hydrogen-bond donors (Lipinski definition) is 1. The van der Waals surface area contributed by atoms with Crippen LogP contribution in [0.25, 0.3) is 5.65 Å². The number of rotatable bonds is 3. The zero-order chi connectivity index (χ0) is 18.3. The van der Waals surface area contributed by atoms with Gasteiger partial charge in [-0.1, -0.05) is 24.3 Å². The van der Waals surface area contributed by atoms with Crippen LogP contribution in [0.2, 0.25) is 0 Å². The van der Waals surface area contributed by atoms with Gasteiger partial charge in [0.2, 0.25) is 5.91 Å². The van der Waals surface area contributed by atoms with Gasteiger partial charge in [0.25, 0.3) is 5.56 Å². The molecule has 0 fully saturated rings. The van der Waals surface area contributed by atoms with E-state index >= 15 is 0 Å². The summed E-state index contributed by atoms with van der Waals surface area (Å²) >= 11 is 0. The minimum Gasteiger partial charge on any atom is -0.369 e. The van der Waals surface area contributed by atoms with E-state index in [0.29, 0.717) is 24.3 Å². The van der Waals surface area contributed by atoms with E-state index < -0.39 is 0 Å². The number of pyridine rings is 1. The molecule has 0 radical (unpaired) electrons. The standard InChI is InChI=1S/C20H20N4O2/c1-13-10-16(20(21)26)15-6-2-3-7-17(15)24(13)12-14-11-19(25)23-9-5-4-8-18(23)22-14/h2-9,11,13,16H,10,12H2,1H3,(H2,21,26)/t13-,16-/m0/s1. The SMILES string of the molecule is C[C@H]1C[C@H](C(N)=O)c2ccccc2N1Cc1cc(=O)n2ccccc2n1. The number of anilines is 1. The molecule has 1 aliphatic heterocycles. The molecule has 2 atom stereocenters. The summed E-state index contributed by atoms with van der Waals surface area (Å²) in [5.41, 5.74) is 8.77. The molecule has 0 saturated heterocycles. The van der Waals surface area contributed by atoms with Crippen LogP contribution in [0.5, 0.6) is 0 Å². The van der Waals surface area contributed by atoms with Crippen LogP contribution in [0, 0.1) is 0 Å². The average Bonchev–Trinajstić information content (AvgIpc) is 2.63. The molecule has 132 valence electrons. The summed E-state index contributed by atoms with van der Waals surface area (Å²) in [6.07, 6.45) is 2.36. The van der Waals surface area contributed by atoms with Crippen LogP contribution in [0.4, 0.5) is 5.69 Å². The molecule has 26 heavy (non-hydrogen) atoms. The van der Waals surface area contributed by atoms with Gasteiger partial charge in [-0.2, -0.15) is 0 Å². The first-order chi connectivity index (χ1) is 12.5. The van der Waals surface area contributed by atoms with Crippen molar-refractivity contribution in [1.29, 1.82) is 0 Å². The monoisotopic (exact) mass is 348 g/mol. The minimum absolute atomic E-state index is 0.0986. The van der Waals surface area contributed by atoms with Crippen molar-refractivity contribution in [2.24, 2.45) is 5.73 Å². The molecular weight excluding hydrogens is 328 g/mol. The Labute approximate surface area is 150 Å². The van der Waals surface area contributed by atoms with Crippen molar-refractivity contribution < 1.29 is 4.79 Å². The van der Waals surface area contributed by atoms with Crippen molar-refractivity contribution in [2.45, 2.75) is 31.8 Å². The number of primary amides is 1. The third kappa shape index (κ3) is 2.73. The van der Waals surface area contributed by atoms with Gasteiger partial charge in [-0.25, -0.2) is 4.98 Å². The normalized spacial score (nSPS) is 19.3. The fourth-order valence-corrected chi connectivity index (χ4v) is 3.75. The molecule has 3 aromatic rings. The minimum atomic E-state index is -0.300. The maximum Gasteiger partial charge on any atom is 0.258 e. The molecule has 0 unspecified atom stereocenters. The highest BCUT2D eigenvalue weighted by molar-refractivity contribution is 5.85. The summed E-state index contributed by atoms with van der Waals surface area (Å²) in [7, 11) is 0. The summed E-state index contributed by atoms with van der Waals surface area (Å²) in [4.78, 5) is 31.0. The number of carbonyl (C=O) groups is 1. The van der Waals surface area contributed by atoms with Crippen LogP contribution in [0.1, 0.15) is 30.5 Å². The quantitative estimate of drug-likeness (QED) is 0.786. The van der Waals surface area contributed by atoms with E-state index in [1.54, 1.807) is 12.3 Å². The van der Waals surface area contributed by atoms with Gasteiger partial charge in [0.05, 0.1) is 18.2 Å². The van der Waals surface area contributed by atoms with Gasteiger partial charge in [-0.15, -0.1) is 0 Å². The van der Waals surface area contributed by atoms with Gasteiger partial charge in [-0.3, -0.25) is 14.0 Å². The highest BCUT2D eigenvalue weighted by Gasteiger charge is 2.33. The summed E-state index contributed by atoms with van der Waals surface area (Å²) in [5.74, 6) is -0.585. The Bertz CT molecular complexity index is 1040. The molecular formula is C20H20N4O2. The van der Waals surface area contributed by atoms with E-state index in [4.69, 9.17) is 5.73 Å². The second-order valence-corrected chi connectivity index (χ2v) is 6.74. The van der Waals surface area contributed by atoms with E-state index in [1.165, 1.54) is 4.40 Å². The molecule has 1 amide bonds. The molecule has 1 aromatic carbocycles. The van der Waals surface area contributed by atoms with E-state index in [0.717, 1.165) is 11.3 Å². The summed E-state index contributed by atoms with van der Waals surface area (Å²) in [5, 5.41) is 0. The summed E-state index contributed by atoms with van der Waals surface area (Å²) < 4.78 is 1.53. The molecule has 0 saturated carbocycles. The first kappa shape index (κ1) is 16.3. The van der Waals surface area contributed by atoms with Crippen molar-refractivity contribution >= 4 is 17.2 Å². The predicted molar refractivity (Wildman–Crippen MR) is 100 cm³/mol. The van der Waals surface area contributed by atoms with E-state index in [9.17, 15) is 9.59 Å². The Kier molecular flexibility index (Phi) is 3.95. The zero-order valence-corrected chi connectivity index (χ0v) is 14.5. The number of carbonyl (C=O) groups excluding carboxylic acids is 1. The first-order valence-corrected chi connectivity index (χ1v) is 8.67. The van der Waals surface area contributed by atoms with Crippen LogP contribution >= 0.6 is 0 Å². The van der Waals surface area contributed by atoms with Crippen molar-refractivity contribution in [3.63, 3.8) is 0 Å². The second-order valence-electron chi connectivity index (χ2n) is 6.74. The molecule has 1 aliphatic rings. The molecule has 2 aromatic heterocycles. The molecule has 2 N–H and O–H groups in total. The number of aromatic nitrogens is 2. The van der Waals surface area contributed by atoms with Gasteiger partial charge < -0.3 is 10.6 Å². The molecule has 6 heteroatoms. The zero-order valence-electron chi connectivity index (χ0n) is 14.5. The van der Waals surface area contributed by atoms with Crippen LogP contribution in [0.3, 0.4) is 0 Å². The van der Waals surface area contributed by atoms with Crippen molar-refractivity contribution in [1.82, 2.24) is 9.38 Å². The number of amides is 1. The third-order valence-electron chi connectivity index (χ3n) is 5.03. The number of nitrogens with two attached hydrogens (primary N) is 1. The Hall–Kier alpha value is -3.15. The molecule has 3 heterocycles. The number of hydrogen-bond acceptors (Lipinski definition) is 4. The molecule has 0 spiro atoms. The smallest absolute Gasteiger partial charge is 0.258 e. The second kappa shape index (κ2) is 6.29.